The van der Waals surface area contributed by atoms with Crippen LogP contribution in [0.4, 0.5) is 0 Å². The second kappa shape index (κ2) is 3.34. The zero-order valence-corrected chi connectivity index (χ0v) is 10.8. The van der Waals surface area contributed by atoms with E-state index in [9.17, 15) is 0 Å². The van der Waals surface area contributed by atoms with Crippen molar-refractivity contribution in [1.29, 1.82) is 0 Å². The van der Waals surface area contributed by atoms with Crippen LogP contribution < -0.4 is 0 Å². The molecule has 0 aromatic carbocycles. The SMILES string of the molecule is CC(C)(C)c1c[se]c2c(Cl)ncnc12. The average Bonchev–Trinajstić information content (AvgIpc) is 2.47. The van der Waals surface area contributed by atoms with E-state index in [1.165, 1.54) is 5.56 Å². The molecule has 0 aliphatic rings. The molecule has 4 heteroatoms. The fraction of sp³-hybridized carbons (Fsp3) is 0.400. The molecule has 2 nitrogen and oxygen atoms in total. The number of halogens is 1. The number of hydrogen-bond donors (Lipinski definition) is 0. The van der Waals surface area contributed by atoms with E-state index < -0.39 is 0 Å². The molecule has 0 N–H and O–H groups in total. The Balaban J connectivity index is 2.76. The summed E-state index contributed by atoms with van der Waals surface area (Å²) in [6.45, 7) is 6.58. The monoisotopic (exact) mass is 274 g/mol. The molecule has 2 heterocycles. The van der Waals surface area contributed by atoms with Gasteiger partial charge in [-0.3, -0.25) is 0 Å². The number of fused-ring (bicyclic) bond motifs is 1. The van der Waals surface area contributed by atoms with Crippen molar-refractivity contribution in [2.24, 2.45) is 0 Å². The van der Waals surface area contributed by atoms with E-state index in [0.717, 1.165) is 9.78 Å². The van der Waals surface area contributed by atoms with Gasteiger partial charge in [-0.05, 0) is 0 Å². The number of aromatic nitrogens is 2. The third-order valence-electron chi connectivity index (χ3n) is 2.12. The van der Waals surface area contributed by atoms with Gasteiger partial charge in [0.25, 0.3) is 0 Å². The molecule has 0 radical (unpaired) electrons. The molecule has 2 rings (SSSR count). The fourth-order valence-electron chi connectivity index (χ4n) is 1.35. The van der Waals surface area contributed by atoms with E-state index in [2.05, 4.69) is 35.7 Å². The molecule has 2 aromatic heterocycles. The Morgan fingerprint density at radius 1 is 1.29 bits per heavy atom. The van der Waals surface area contributed by atoms with E-state index in [4.69, 9.17) is 11.6 Å². The summed E-state index contributed by atoms with van der Waals surface area (Å²) in [6, 6.07) is 0. The summed E-state index contributed by atoms with van der Waals surface area (Å²) in [4.78, 5) is 10.6. The second-order valence-corrected chi connectivity index (χ2v) is 6.45. The van der Waals surface area contributed by atoms with Crippen molar-refractivity contribution < 1.29 is 0 Å². The summed E-state index contributed by atoms with van der Waals surface area (Å²) >= 11 is 6.32. The molecule has 0 amide bonds. The molecular formula is C10H11ClN2Se. The minimum atomic E-state index is 0.144. The number of nitrogens with zero attached hydrogens (tertiary/aromatic N) is 2. The number of hydrogen-bond acceptors (Lipinski definition) is 2. The van der Waals surface area contributed by atoms with E-state index in [1.54, 1.807) is 6.33 Å². The van der Waals surface area contributed by atoms with Gasteiger partial charge in [-0.2, -0.15) is 0 Å². The predicted octanol–water partition coefficient (Wildman–Crippen LogP) is 2.64. The van der Waals surface area contributed by atoms with Crippen LogP contribution >= 0.6 is 11.6 Å². The molecule has 2 aromatic rings. The maximum absolute atomic E-state index is 6.02. The first kappa shape index (κ1) is 10.2. The molecule has 0 aliphatic carbocycles. The minimum absolute atomic E-state index is 0.144. The summed E-state index contributed by atoms with van der Waals surface area (Å²) in [6.07, 6.45) is 1.54. The zero-order chi connectivity index (χ0) is 10.3. The Morgan fingerprint density at radius 2 is 2.00 bits per heavy atom. The van der Waals surface area contributed by atoms with Gasteiger partial charge < -0.3 is 0 Å². The molecule has 0 spiro atoms. The first-order chi connectivity index (χ1) is 6.50. The van der Waals surface area contributed by atoms with E-state index in [0.29, 0.717) is 19.7 Å². The van der Waals surface area contributed by atoms with Crippen LogP contribution in [0.5, 0.6) is 0 Å². The molecule has 0 aliphatic heterocycles. The van der Waals surface area contributed by atoms with Gasteiger partial charge >= 0.3 is 94.0 Å². The Labute approximate surface area is 94.1 Å². The summed E-state index contributed by atoms with van der Waals surface area (Å²) < 4.78 is 1.13. The van der Waals surface area contributed by atoms with E-state index in [1.807, 2.05) is 0 Å². The van der Waals surface area contributed by atoms with Gasteiger partial charge in [0, 0.05) is 0 Å². The second-order valence-electron chi connectivity index (χ2n) is 4.24. The fourth-order valence-corrected chi connectivity index (χ4v) is 4.08. The van der Waals surface area contributed by atoms with Gasteiger partial charge in [0.2, 0.25) is 0 Å². The van der Waals surface area contributed by atoms with Gasteiger partial charge in [-0.25, -0.2) is 0 Å². The van der Waals surface area contributed by atoms with Gasteiger partial charge in [-0.1, -0.05) is 0 Å². The summed E-state index contributed by atoms with van der Waals surface area (Å²) in [7, 11) is 0. The van der Waals surface area contributed by atoms with E-state index in [-0.39, 0.29) is 5.41 Å². The Hall–Kier alpha value is -0.371. The van der Waals surface area contributed by atoms with Gasteiger partial charge in [0.1, 0.15) is 0 Å². The van der Waals surface area contributed by atoms with Crippen LogP contribution in [0.1, 0.15) is 26.3 Å². The first-order valence-electron chi connectivity index (χ1n) is 4.38. The van der Waals surface area contributed by atoms with Crippen LogP contribution in [0, 0.1) is 0 Å². The van der Waals surface area contributed by atoms with Crippen molar-refractivity contribution in [2.75, 3.05) is 0 Å². The van der Waals surface area contributed by atoms with Crippen molar-refractivity contribution in [3.05, 3.63) is 22.0 Å². The van der Waals surface area contributed by atoms with Crippen LogP contribution in [0.3, 0.4) is 0 Å². The third kappa shape index (κ3) is 1.60. The van der Waals surface area contributed by atoms with E-state index >= 15 is 0 Å². The molecule has 0 atom stereocenters. The van der Waals surface area contributed by atoms with Crippen molar-refractivity contribution >= 4 is 35.9 Å². The zero-order valence-electron chi connectivity index (χ0n) is 8.34. The maximum atomic E-state index is 6.02. The average molecular weight is 274 g/mol. The normalized spacial score (nSPS) is 12.3. The molecule has 0 fully saturated rings. The first-order valence-corrected chi connectivity index (χ1v) is 6.60. The van der Waals surface area contributed by atoms with Crippen LogP contribution in [-0.2, 0) is 5.41 Å². The van der Waals surface area contributed by atoms with Gasteiger partial charge in [-0.15, -0.1) is 0 Å². The third-order valence-corrected chi connectivity index (χ3v) is 4.71. The van der Waals surface area contributed by atoms with Crippen LogP contribution in [0.25, 0.3) is 9.78 Å². The molecular weight excluding hydrogens is 263 g/mol. The van der Waals surface area contributed by atoms with Crippen LogP contribution in [-0.4, -0.2) is 24.5 Å². The van der Waals surface area contributed by atoms with Crippen molar-refractivity contribution in [1.82, 2.24) is 9.97 Å². The Bertz CT molecular complexity index is 470. The predicted molar refractivity (Wildman–Crippen MR) is 60.2 cm³/mol. The molecule has 0 saturated carbocycles. The standard InChI is InChI=1S/C10H11ClN2Se/c1-10(2,3)6-4-14-8-7(6)12-5-13-9(8)11/h4-5H,1-3H3. The van der Waals surface area contributed by atoms with Crippen LogP contribution in [0.15, 0.2) is 11.3 Å². The summed E-state index contributed by atoms with van der Waals surface area (Å²) in [5.74, 6) is 0. The van der Waals surface area contributed by atoms with Crippen molar-refractivity contribution in [2.45, 2.75) is 26.2 Å². The number of rotatable bonds is 0. The van der Waals surface area contributed by atoms with Crippen molar-refractivity contribution in [3.8, 4) is 0 Å². The molecule has 0 saturated heterocycles. The van der Waals surface area contributed by atoms with Gasteiger partial charge in [0.05, 0.1) is 0 Å². The quantitative estimate of drug-likeness (QED) is 0.545. The van der Waals surface area contributed by atoms with Crippen molar-refractivity contribution in [3.63, 3.8) is 0 Å². The Morgan fingerprint density at radius 3 is 2.64 bits per heavy atom. The Kier molecular flexibility index (Phi) is 2.42. The molecule has 0 unspecified atom stereocenters. The molecule has 74 valence electrons. The van der Waals surface area contributed by atoms with Crippen LogP contribution in [0.2, 0.25) is 5.15 Å². The summed E-state index contributed by atoms with van der Waals surface area (Å²) in [5, 5.41) is 0.616. The molecule has 0 bridgehead atoms. The molecule has 14 heavy (non-hydrogen) atoms. The van der Waals surface area contributed by atoms with Gasteiger partial charge in [0.15, 0.2) is 0 Å². The topological polar surface area (TPSA) is 25.8 Å². The summed E-state index contributed by atoms with van der Waals surface area (Å²) in [5.41, 5.74) is 2.50.